The first-order valence-corrected chi connectivity index (χ1v) is 6.70. The molecule has 2 atom stereocenters. The Kier molecular flexibility index (Phi) is 4.39. The normalized spacial score (nSPS) is 21.2. The number of aromatic nitrogens is 1. The van der Waals surface area contributed by atoms with Crippen molar-refractivity contribution in [1.82, 2.24) is 4.57 Å². The molecule has 7 heteroatoms. The number of benzene rings is 1. The smallest absolute Gasteiger partial charge is 0.408 e. The van der Waals surface area contributed by atoms with Crippen molar-refractivity contribution in [3.63, 3.8) is 0 Å². The Labute approximate surface area is 127 Å². The van der Waals surface area contributed by atoms with Gasteiger partial charge in [0.1, 0.15) is 0 Å². The Morgan fingerprint density at radius 1 is 1.43 bits per heavy atom. The Balaban J connectivity index is 0.00000161. The molecule has 1 aromatic carbocycles. The van der Waals surface area contributed by atoms with Gasteiger partial charge in [0.15, 0.2) is 5.58 Å². The average Bonchev–Trinajstić information content (AvgIpc) is 2.95. The highest BCUT2D eigenvalue weighted by molar-refractivity contribution is 5.94. The fourth-order valence-corrected chi connectivity index (χ4v) is 2.71. The number of nitrogens with one attached hydrogen (secondary N) is 1. The third kappa shape index (κ3) is 2.96. The van der Waals surface area contributed by atoms with Gasteiger partial charge in [0.2, 0.25) is 5.91 Å². The summed E-state index contributed by atoms with van der Waals surface area (Å²) in [6, 6.07) is 5.32. The van der Waals surface area contributed by atoms with Crippen LogP contribution >= 0.6 is 12.4 Å². The van der Waals surface area contributed by atoms with Gasteiger partial charge in [-0.15, -0.1) is 12.4 Å². The first-order chi connectivity index (χ1) is 9.54. The maximum atomic E-state index is 12.1. The number of fused-ring (bicyclic) bond motifs is 1. The van der Waals surface area contributed by atoms with Gasteiger partial charge in [-0.3, -0.25) is 9.36 Å². The molecule has 0 saturated heterocycles. The van der Waals surface area contributed by atoms with Crippen LogP contribution in [-0.4, -0.2) is 16.5 Å². The van der Waals surface area contributed by atoms with E-state index in [9.17, 15) is 9.59 Å². The van der Waals surface area contributed by atoms with Gasteiger partial charge in [-0.2, -0.15) is 0 Å². The van der Waals surface area contributed by atoms with E-state index in [0.717, 1.165) is 19.3 Å². The number of amides is 1. The average molecular weight is 312 g/mol. The van der Waals surface area contributed by atoms with Crippen LogP contribution < -0.4 is 16.8 Å². The predicted molar refractivity (Wildman–Crippen MR) is 82.6 cm³/mol. The van der Waals surface area contributed by atoms with Gasteiger partial charge in [-0.25, -0.2) is 4.79 Å². The van der Waals surface area contributed by atoms with Crippen LogP contribution in [0.15, 0.2) is 27.4 Å². The summed E-state index contributed by atoms with van der Waals surface area (Å²) < 4.78 is 6.53. The zero-order chi connectivity index (χ0) is 14.3. The number of carbonyl (C=O) groups excluding carboxylic acids is 1. The molecule has 1 aliphatic rings. The molecular formula is C14H18ClN3O3. The van der Waals surface area contributed by atoms with E-state index in [4.69, 9.17) is 10.2 Å². The van der Waals surface area contributed by atoms with Gasteiger partial charge in [-0.1, -0.05) is 0 Å². The summed E-state index contributed by atoms with van der Waals surface area (Å²) in [5, 5.41) is 2.86. The molecule has 6 nitrogen and oxygen atoms in total. The number of carbonyl (C=O) groups is 1. The predicted octanol–water partition coefficient (Wildman–Crippen LogP) is 1.62. The van der Waals surface area contributed by atoms with E-state index in [1.54, 1.807) is 25.2 Å². The van der Waals surface area contributed by atoms with Crippen molar-refractivity contribution in [3.8, 4) is 0 Å². The lowest BCUT2D eigenvalue weighted by molar-refractivity contribution is -0.119. The molecule has 0 radical (unpaired) electrons. The number of aryl methyl sites for hydroxylation is 1. The lowest BCUT2D eigenvalue weighted by Crippen LogP contribution is -2.23. The molecule has 1 amide bonds. The van der Waals surface area contributed by atoms with E-state index in [1.165, 1.54) is 4.57 Å². The summed E-state index contributed by atoms with van der Waals surface area (Å²) in [5.41, 5.74) is 7.63. The summed E-state index contributed by atoms with van der Waals surface area (Å²) in [4.78, 5) is 23.5. The Hall–Kier alpha value is -1.79. The second-order valence-electron chi connectivity index (χ2n) is 5.37. The van der Waals surface area contributed by atoms with E-state index < -0.39 is 5.76 Å². The molecule has 2 unspecified atom stereocenters. The number of anilines is 1. The van der Waals surface area contributed by atoms with Crippen molar-refractivity contribution in [2.24, 2.45) is 18.7 Å². The van der Waals surface area contributed by atoms with Gasteiger partial charge in [0.05, 0.1) is 5.52 Å². The minimum absolute atomic E-state index is 0. The zero-order valence-electron chi connectivity index (χ0n) is 11.7. The highest BCUT2D eigenvalue weighted by atomic mass is 35.5. The SMILES string of the molecule is Cl.Cn1c(=O)oc2cc(NC(=O)C3CCC(N)C3)ccc21. The fraction of sp³-hybridized carbons (Fsp3) is 0.429. The first-order valence-electron chi connectivity index (χ1n) is 6.70. The quantitative estimate of drug-likeness (QED) is 0.881. The third-order valence-corrected chi connectivity index (χ3v) is 3.90. The number of nitrogens with zero attached hydrogens (tertiary/aromatic N) is 1. The lowest BCUT2D eigenvalue weighted by atomic mass is 10.1. The minimum atomic E-state index is -0.412. The van der Waals surface area contributed by atoms with Crippen molar-refractivity contribution in [2.75, 3.05) is 5.32 Å². The molecule has 0 spiro atoms. The highest BCUT2D eigenvalue weighted by Gasteiger charge is 2.27. The van der Waals surface area contributed by atoms with Crippen LogP contribution in [0.5, 0.6) is 0 Å². The minimum Gasteiger partial charge on any atom is -0.408 e. The van der Waals surface area contributed by atoms with Gasteiger partial charge in [0.25, 0.3) is 0 Å². The number of rotatable bonds is 2. The molecule has 114 valence electrons. The van der Waals surface area contributed by atoms with Gasteiger partial charge < -0.3 is 15.5 Å². The number of hydrogen-bond donors (Lipinski definition) is 2. The lowest BCUT2D eigenvalue weighted by Gasteiger charge is -2.10. The maximum absolute atomic E-state index is 12.1. The summed E-state index contributed by atoms with van der Waals surface area (Å²) in [6.07, 6.45) is 2.45. The summed E-state index contributed by atoms with van der Waals surface area (Å²) in [5.74, 6) is -0.454. The van der Waals surface area contributed by atoms with Crippen LogP contribution in [0.1, 0.15) is 19.3 Å². The van der Waals surface area contributed by atoms with Gasteiger partial charge in [-0.05, 0) is 31.4 Å². The van der Waals surface area contributed by atoms with Crippen molar-refractivity contribution in [3.05, 3.63) is 28.7 Å². The van der Waals surface area contributed by atoms with Crippen molar-refractivity contribution >= 4 is 35.1 Å². The van der Waals surface area contributed by atoms with E-state index in [2.05, 4.69) is 5.32 Å². The monoisotopic (exact) mass is 311 g/mol. The van der Waals surface area contributed by atoms with E-state index in [1.807, 2.05) is 0 Å². The fourth-order valence-electron chi connectivity index (χ4n) is 2.71. The Bertz CT molecular complexity index is 722. The number of halogens is 1. The molecule has 1 saturated carbocycles. The molecule has 3 rings (SSSR count). The van der Waals surface area contributed by atoms with Crippen LogP contribution in [0.4, 0.5) is 5.69 Å². The highest BCUT2D eigenvalue weighted by Crippen LogP contribution is 2.26. The summed E-state index contributed by atoms with van der Waals surface area (Å²) in [7, 11) is 1.65. The van der Waals surface area contributed by atoms with Crippen molar-refractivity contribution < 1.29 is 9.21 Å². The number of oxazole rings is 1. The molecule has 0 bridgehead atoms. The van der Waals surface area contributed by atoms with E-state index in [0.29, 0.717) is 16.8 Å². The zero-order valence-corrected chi connectivity index (χ0v) is 12.5. The third-order valence-electron chi connectivity index (χ3n) is 3.90. The molecule has 3 N–H and O–H groups in total. The largest absolute Gasteiger partial charge is 0.419 e. The molecule has 21 heavy (non-hydrogen) atoms. The van der Waals surface area contributed by atoms with E-state index >= 15 is 0 Å². The molecule has 1 aliphatic carbocycles. The topological polar surface area (TPSA) is 90.3 Å². The summed E-state index contributed by atoms with van der Waals surface area (Å²) in [6.45, 7) is 0. The number of nitrogens with two attached hydrogens (primary N) is 1. The maximum Gasteiger partial charge on any atom is 0.419 e. The first kappa shape index (κ1) is 15.6. The second kappa shape index (κ2) is 5.91. The van der Waals surface area contributed by atoms with E-state index in [-0.39, 0.29) is 30.3 Å². The van der Waals surface area contributed by atoms with Crippen LogP contribution in [0, 0.1) is 5.92 Å². The van der Waals surface area contributed by atoms with Crippen LogP contribution in [0.25, 0.3) is 11.1 Å². The molecule has 1 heterocycles. The molecular weight excluding hydrogens is 294 g/mol. The van der Waals surface area contributed by atoms with Crippen LogP contribution in [0.3, 0.4) is 0 Å². The standard InChI is InChI=1S/C14H17N3O3.ClH/c1-17-11-5-4-10(7-12(11)20-14(17)19)16-13(18)8-2-3-9(15)6-8;/h4-5,7-9H,2-3,6,15H2,1H3,(H,16,18);1H. The Morgan fingerprint density at radius 3 is 2.86 bits per heavy atom. The number of hydrogen-bond acceptors (Lipinski definition) is 4. The van der Waals surface area contributed by atoms with Crippen LogP contribution in [-0.2, 0) is 11.8 Å². The summed E-state index contributed by atoms with van der Waals surface area (Å²) >= 11 is 0. The molecule has 1 aromatic heterocycles. The molecule has 1 fully saturated rings. The van der Waals surface area contributed by atoms with Gasteiger partial charge >= 0.3 is 5.76 Å². The van der Waals surface area contributed by atoms with Crippen LogP contribution in [0.2, 0.25) is 0 Å². The second-order valence-corrected chi connectivity index (χ2v) is 5.37. The molecule has 2 aromatic rings. The van der Waals surface area contributed by atoms with Crippen molar-refractivity contribution in [2.45, 2.75) is 25.3 Å². The van der Waals surface area contributed by atoms with Crippen molar-refractivity contribution in [1.29, 1.82) is 0 Å². The van der Waals surface area contributed by atoms with Gasteiger partial charge in [0, 0.05) is 30.8 Å². The molecule has 0 aliphatic heterocycles. The Morgan fingerprint density at radius 2 is 2.19 bits per heavy atom.